The number of aryl methyl sites for hydroxylation is 1. The van der Waals surface area contributed by atoms with Crippen LogP contribution in [0.4, 0.5) is 0 Å². The van der Waals surface area contributed by atoms with Crippen molar-refractivity contribution >= 4 is 17.5 Å². The van der Waals surface area contributed by atoms with Gasteiger partial charge in [-0.1, -0.05) is 6.92 Å². The summed E-state index contributed by atoms with van der Waals surface area (Å²) in [6.45, 7) is 5.49. The lowest BCUT2D eigenvalue weighted by atomic mass is 9.94. The maximum absolute atomic E-state index is 11.8. The number of ether oxygens (including phenoxy) is 1. The van der Waals surface area contributed by atoms with Crippen LogP contribution in [0.1, 0.15) is 38.0 Å². The van der Waals surface area contributed by atoms with Gasteiger partial charge < -0.3 is 4.74 Å². The van der Waals surface area contributed by atoms with Crippen LogP contribution in [0, 0.1) is 11.3 Å². The Hall–Kier alpha value is -1.48. The second-order valence-electron chi connectivity index (χ2n) is 3.72. The SMILES string of the molecule is CCCc1nsc(C(C)(C#N)C(=O)OCC)n1. The first kappa shape index (κ1) is 13.6. The maximum Gasteiger partial charge on any atom is 0.333 e. The standard InChI is InChI=1S/C11H15N3O2S/c1-4-6-8-13-9(17-14-8)11(3,7-12)10(15)16-5-2/h4-6H2,1-3H3. The van der Waals surface area contributed by atoms with Crippen LogP contribution in [-0.4, -0.2) is 21.9 Å². The summed E-state index contributed by atoms with van der Waals surface area (Å²) in [7, 11) is 0. The smallest absolute Gasteiger partial charge is 0.333 e. The number of hydrogen-bond donors (Lipinski definition) is 0. The number of aromatic nitrogens is 2. The van der Waals surface area contributed by atoms with Crippen LogP contribution >= 0.6 is 11.5 Å². The van der Waals surface area contributed by atoms with E-state index in [1.807, 2.05) is 13.0 Å². The summed E-state index contributed by atoms with van der Waals surface area (Å²) in [5.41, 5.74) is -1.35. The van der Waals surface area contributed by atoms with E-state index in [2.05, 4.69) is 9.36 Å². The maximum atomic E-state index is 11.8. The first-order valence-electron chi connectivity index (χ1n) is 5.50. The molecule has 5 nitrogen and oxygen atoms in total. The molecule has 1 aromatic rings. The van der Waals surface area contributed by atoms with Gasteiger partial charge in [0.25, 0.3) is 0 Å². The normalized spacial score (nSPS) is 13.8. The highest BCUT2D eigenvalue weighted by Gasteiger charge is 2.40. The molecular formula is C11H15N3O2S. The summed E-state index contributed by atoms with van der Waals surface area (Å²) in [6, 6.07) is 1.97. The largest absolute Gasteiger partial charge is 0.464 e. The molecule has 0 saturated heterocycles. The molecule has 1 atom stereocenters. The molecular weight excluding hydrogens is 238 g/mol. The van der Waals surface area contributed by atoms with Crippen LogP contribution in [-0.2, 0) is 21.4 Å². The van der Waals surface area contributed by atoms with Crippen LogP contribution in [0.25, 0.3) is 0 Å². The number of esters is 1. The molecule has 0 aliphatic heterocycles. The lowest BCUT2D eigenvalue weighted by Crippen LogP contribution is -2.32. The Morgan fingerprint density at radius 3 is 2.82 bits per heavy atom. The van der Waals surface area contributed by atoms with E-state index < -0.39 is 11.4 Å². The molecule has 1 heterocycles. The van der Waals surface area contributed by atoms with E-state index in [9.17, 15) is 4.79 Å². The van der Waals surface area contributed by atoms with E-state index in [0.717, 1.165) is 24.4 Å². The van der Waals surface area contributed by atoms with Crippen molar-refractivity contribution in [1.82, 2.24) is 9.36 Å². The molecule has 0 spiro atoms. The van der Waals surface area contributed by atoms with Gasteiger partial charge in [-0.25, -0.2) is 9.78 Å². The zero-order valence-corrected chi connectivity index (χ0v) is 11.0. The fourth-order valence-corrected chi connectivity index (χ4v) is 2.02. The molecule has 1 rings (SSSR count). The molecule has 0 radical (unpaired) electrons. The lowest BCUT2D eigenvalue weighted by Gasteiger charge is -2.15. The minimum absolute atomic E-state index is 0.247. The van der Waals surface area contributed by atoms with Crippen LogP contribution < -0.4 is 0 Å². The van der Waals surface area contributed by atoms with E-state index in [0.29, 0.717) is 10.8 Å². The predicted molar refractivity (Wildman–Crippen MR) is 63.5 cm³/mol. The summed E-state index contributed by atoms with van der Waals surface area (Å²) in [5, 5.41) is 9.57. The van der Waals surface area contributed by atoms with Crippen LogP contribution in [0.15, 0.2) is 0 Å². The van der Waals surface area contributed by atoms with Crippen molar-refractivity contribution < 1.29 is 9.53 Å². The Morgan fingerprint density at radius 1 is 1.59 bits per heavy atom. The molecule has 0 aliphatic rings. The van der Waals surface area contributed by atoms with Gasteiger partial charge in [0.2, 0.25) is 5.41 Å². The van der Waals surface area contributed by atoms with E-state index in [4.69, 9.17) is 10.00 Å². The van der Waals surface area contributed by atoms with E-state index in [-0.39, 0.29) is 6.61 Å². The summed E-state index contributed by atoms with van der Waals surface area (Å²) in [4.78, 5) is 16.0. The highest BCUT2D eigenvalue weighted by Crippen LogP contribution is 2.26. The van der Waals surface area contributed by atoms with Gasteiger partial charge in [0.1, 0.15) is 10.8 Å². The Labute approximate surface area is 105 Å². The molecule has 0 bridgehead atoms. The monoisotopic (exact) mass is 253 g/mol. The third-order valence-corrected chi connectivity index (χ3v) is 3.25. The number of hydrogen-bond acceptors (Lipinski definition) is 6. The third-order valence-electron chi connectivity index (χ3n) is 2.28. The van der Waals surface area contributed by atoms with Crippen molar-refractivity contribution in [2.24, 2.45) is 0 Å². The highest BCUT2D eigenvalue weighted by molar-refractivity contribution is 7.05. The van der Waals surface area contributed by atoms with Crippen molar-refractivity contribution in [2.75, 3.05) is 6.61 Å². The second-order valence-corrected chi connectivity index (χ2v) is 4.47. The summed E-state index contributed by atoms with van der Waals surface area (Å²) >= 11 is 1.09. The van der Waals surface area contributed by atoms with Gasteiger partial charge in [0, 0.05) is 6.42 Å². The Bertz CT molecular complexity index is 438. The molecule has 0 saturated carbocycles. The van der Waals surface area contributed by atoms with E-state index in [1.165, 1.54) is 6.92 Å². The number of carbonyl (C=O) groups excluding carboxylic acids is 1. The van der Waals surface area contributed by atoms with Gasteiger partial charge in [-0.05, 0) is 31.8 Å². The zero-order valence-electron chi connectivity index (χ0n) is 10.2. The number of nitrogens with zero attached hydrogens (tertiary/aromatic N) is 3. The predicted octanol–water partition coefficient (Wildman–Crippen LogP) is 1.83. The average molecular weight is 253 g/mol. The number of nitriles is 1. The van der Waals surface area contributed by atoms with E-state index in [1.54, 1.807) is 6.92 Å². The molecule has 17 heavy (non-hydrogen) atoms. The molecule has 1 unspecified atom stereocenters. The zero-order chi connectivity index (χ0) is 12.9. The van der Waals surface area contributed by atoms with Gasteiger partial charge in [0.15, 0.2) is 0 Å². The summed E-state index contributed by atoms with van der Waals surface area (Å²) in [5.74, 6) is 0.111. The molecule has 6 heteroatoms. The fourth-order valence-electron chi connectivity index (χ4n) is 1.24. The molecule has 0 amide bonds. The molecule has 0 aliphatic carbocycles. The molecule has 92 valence electrons. The first-order chi connectivity index (χ1) is 8.08. The quantitative estimate of drug-likeness (QED) is 0.748. The topological polar surface area (TPSA) is 75.9 Å². The van der Waals surface area contributed by atoms with Gasteiger partial charge in [-0.2, -0.15) is 9.64 Å². The van der Waals surface area contributed by atoms with Crippen molar-refractivity contribution in [3.8, 4) is 6.07 Å². The second kappa shape index (κ2) is 5.73. The Kier molecular flexibility index (Phi) is 4.58. The van der Waals surface area contributed by atoms with E-state index >= 15 is 0 Å². The third kappa shape index (κ3) is 2.80. The average Bonchev–Trinajstić information content (AvgIpc) is 2.78. The Morgan fingerprint density at radius 2 is 2.29 bits per heavy atom. The number of rotatable bonds is 5. The van der Waals surface area contributed by atoms with Crippen molar-refractivity contribution in [1.29, 1.82) is 5.26 Å². The first-order valence-corrected chi connectivity index (χ1v) is 6.27. The van der Waals surface area contributed by atoms with Crippen molar-refractivity contribution in [2.45, 2.75) is 39.0 Å². The van der Waals surface area contributed by atoms with Gasteiger partial charge >= 0.3 is 5.97 Å². The van der Waals surface area contributed by atoms with Gasteiger partial charge in [0.05, 0.1) is 12.7 Å². The minimum Gasteiger partial charge on any atom is -0.464 e. The Balaban J connectivity index is 3.00. The van der Waals surface area contributed by atoms with Crippen LogP contribution in [0.2, 0.25) is 0 Å². The molecule has 0 fully saturated rings. The van der Waals surface area contributed by atoms with Gasteiger partial charge in [-0.15, -0.1) is 0 Å². The lowest BCUT2D eigenvalue weighted by molar-refractivity contribution is -0.147. The number of carbonyl (C=O) groups is 1. The highest BCUT2D eigenvalue weighted by atomic mass is 32.1. The summed E-state index contributed by atoms with van der Waals surface area (Å²) in [6.07, 6.45) is 1.68. The minimum atomic E-state index is -1.35. The van der Waals surface area contributed by atoms with Crippen molar-refractivity contribution in [3.63, 3.8) is 0 Å². The molecule has 0 aromatic carbocycles. The molecule has 1 aromatic heterocycles. The molecule has 0 N–H and O–H groups in total. The van der Waals surface area contributed by atoms with Crippen LogP contribution in [0.5, 0.6) is 0 Å². The van der Waals surface area contributed by atoms with Gasteiger partial charge in [-0.3, -0.25) is 0 Å². The fraction of sp³-hybridized carbons (Fsp3) is 0.636. The van der Waals surface area contributed by atoms with Crippen molar-refractivity contribution in [3.05, 3.63) is 10.8 Å². The summed E-state index contributed by atoms with van der Waals surface area (Å²) < 4.78 is 9.03. The van der Waals surface area contributed by atoms with Crippen LogP contribution in [0.3, 0.4) is 0 Å².